The molecule has 0 heterocycles. The summed E-state index contributed by atoms with van der Waals surface area (Å²) in [5.74, 6) is 0. The van der Waals surface area contributed by atoms with Gasteiger partial charge in [0.15, 0.2) is 0 Å². The van der Waals surface area contributed by atoms with Gasteiger partial charge in [0.05, 0.1) is 10.7 Å². The Kier molecular flexibility index (Phi) is 4.30. The Hall–Kier alpha value is -0.780. The van der Waals surface area contributed by atoms with Crippen LogP contribution in [0, 0.1) is 0 Å². The number of hydrogen-bond acceptors (Lipinski definition) is 3. The minimum absolute atomic E-state index is 0.0179. The van der Waals surface area contributed by atoms with Crippen LogP contribution in [0.2, 0.25) is 5.02 Å². The second kappa shape index (κ2) is 5.07. The molecule has 0 fully saturated rings. The molecule has 1 aromatic rings. The van der Waals surface area contributed by atoms with Crippen LogP contribution >= 0.6 is 11.6 Å². The molecule has 1 rings (SSSR count). The summed E-state index contributed by atoms with van der Waals surface area (Å²) in [6.07, 6.45) is 0.688. The molecule has 0 amide bonds. The molecular weight excluding hydrogens is 272 g/mol. The van der Waals surface area contributed by atoms with Crippen LogP contribution < -0.4 is 5.73 Å². The van der Waals surface area contributed by atoms with Gasteiger partial charge in [-0.05, 0) is 32.4 Å². The van der Waals surface area contributed by atoms with Crippen LogP contribution in [-0.2, 0) is 10.0 Å². The van der Waals surface area contributed by atoms with Gasteiger partial charge in [-0.1, -0.05) is 24.6 Å². The molecule has 0 aliphatic carbocycles. The summed E-state index contributed by atoms with van der Waals surface area (Å²) in [5, 5.41) is 0.147. The van der Waals surface area contributed by atoms with Crippen LogP contribution in [0.1, 0.15) is 27.2 Å². The van der Waals surface area contributed by atoms with Crippen molar-refractivity contribution in [3.05, 3.63) is 23.2 Å². The zero-order valence-electron chi connectivity index (χ0n) is 11.1. The molecule has 0 saturated carbocycles. The molecule has 0 aromatic heterocycles. The predicted octanol–water partition coefficient (Wildman–Crippen LogP) is 2.73. The van der Waals surface area contributed by atoms with Crippen LogP contribution in [-0.4, -0.2) is 25.3 Å². The molecule has 0 saturated heterocycles. The first-order valence-electron chi connectivity index (χ1n) is 5.67. The SMILES string of the molecule is CCC(C)(C)N(C)S(=O)(=O)c1c(N)cccc1Cl. The lowest BCUT2D eigenvalue weighted by atomic mass is 10.0. The van der Waals surface area contributed by atoms with Crippen molar-refractivity contribution in [1.29, 1.82) is 0 Å². The van der Waals surface area contributed by atoms with E-state index in [1.54, 1.807) is 13.1 Å². The van der Waals surface area contributed by atoms with E-state index >= 15 is 0 Å². The van der Waals surface area contributed by atoms with Crippen LogP contribution in [0.15, 0.2) is 23.1 Å². The number of hydrogen-bond donors (Lipinski definition) is 1. The topological polar surface area (TPSA) is 63.4 Å². The molecule has 1 aromatic carbocycles. The van der Waals surface area contributed by atoms with Crippen molar-refractivity contribution in [1.82, 2.24) is 4.31 Å². The summed E-state index contributed by atoms with van der Waals surface area (Å²) in [7, 11) is -2.15. The molecular formula is C12H19ClN2O2S. The molecule has 0 aliphatic rings. The average molecular weight is 291 g/mol. The fourth-order valence-corrected chi connectivity index (χ4v) is 3.69. The van der Waals surface area contributed by atoms with Crippen molar-refractivity contribution in [2.45, 2.75) is 37.6 Å². The van der Waals surface area contributed by atoms with Crippen molar-refractivity contribution in [3.8, 4) is 0 Å². The van der Waals surface area contributed by atoms with Gasteiger partial charge < -0.3 is 5.73 Å². The largest absolute Gasteiger partial charge is 0.398 e. The minimum atomic E-state index is -3.69. The van der Waals surface area contributed by atoms with Crippen molar-refractivity contribution < 1.29 is 8.42 Å². The third kappa shape index (κ3) is 2.63. The zero-order valence-corrected chi connectivity index (χ0v) is 12.6. The van der Waals surface area contributed by atoms with E-state index in [9.17, 15) is 8.42 Å². The fraction of sp³-hybridized carbons (Fsp3) is 0.500. The first kappa shape index (κ1) is 15.3. The van der Waals surface area contributed by atoms with E-state index in [2.05, 4.69) is 0 Å². The molecule has 18 heavy (non-hydrogen) atoms. The maximum atomic E-state index is 12.5. The second-order valence-electron chi connectivity index (χ2n) is 4.80. The normalized spacial score (nSPS) is 13.0. The minimum Gasteiger partial charge on any atom is -0.398 e. The van der Waals surface area contributed by atoms with E-state index in [4.69, 9.17) is 17.3 Å². The maximum Gasteiger partial charge on any atom is 0.246 e. The fourth-order valence-electron chi connectivity index (χ4n) is 1.48. The van der Waals surface area contributed by atoms with Crippen molar-refractivity contribution in [2.75, 3.05) is 12.8 Å². The van der Waals surface area contributed by atoms with E-state index < -0.39 is 15.6 Å². The second-order valence-corrected chi connectivity index (χ2v) is 7.11. The Morgan fingerprint density at radius 2 is 1.94 bits per heavy atom. The molecule has 102 valence electrons. The monoisotopic (exact) mass is 290 g/mol. The number of sulfonamides is 1. The van der Waals surface area contributed by atoms with Crippen molar-refractivity contribution in [2.24, 2.45) is 0 Å². The van der Waals surface area contributed by atoms with Crippen molar-refractivity contribution in [3.63, 3.8) is 0 Å². The van der Waals surface area contributed by atoms with Crippen LogP contribution in [0.4, 0.5) is 5.69 Å². The van der Waals surface area contributed by atoms with E-state index in [0.717, 1.165) is 0 Å². The lowest BCUT2D eigenvalue weighted by molar-refractivity contribution is 0.257. The third-order valence-corrected chi connectivity index (χ3v) is 5.95. The predicted molar refractivity (Wildman–Crippen MR) is 75.2 cm³/mol. The zero-order chi connectivity index (χ0) is 14.1. The lowest BCUT2D eigenvalue weighted by Gasteiger charge is -2.34. The molecule has 0 bridgehead atoms. The molecule has 0 unspecified atom stereocenters. The van der Waals surface area contributed by atoms with Gasteiger partial charge in [-0.15, -0.1) is 0 Å². The summed E-state index contributed by atoms with van der Waals surface area (Å²) in [4.78, 5) is -0.0179. The Morgan fingerprint density at radius 3 is 2.39 bits per heavy atom. The van der Waals surface area contributed by atoms with E-state index in [-0.39, 0.29) is 15.6 Å². The smallest absolute Gasteiger partial charge is 0.246 e. The van der Waals surface area contributed by atoms with Crippen LogP contribution in [0.5, 0.6) is 0 Å². The van der Waals surface area contributed by atoms with Gasteiger partial charge in [0.25, 0.3) is 0 Å². The molecule has 4 nitrogen and oxygen atoms in total. The Morgan fingerprint density at radius 1 is 1.39 bits per heavy atom. The van der Waals surface area contributed by atoms with Gasteiger partial charge in [0.2, 0.25) is 10.0 Å². The average Bonchev–Trinajstić information content (AvgIpc) is 2.27. The number of benzene rings is 1. The Bertz CT molecular complexity index is 521. The Labute approximate surface area is 114 Å². The number of rotatable bonds is 4. The summed E-state index contributed by atoms with van der Waals surface area (Å²) in [6, 6.07) is 4.69. The third-order valence-electron chi connectivity index (χ3n) is 3.33. The lowest BCUT2D eigenvalue weighted by Crippen LogP contribution is -2.44. The number of nitrogens with two attached hydrogens (primary N) is 1. The van der Waals surface area contributed by atoms with Crippen LogP contribution in [0.3, 0.4) is 0 Å². The van der Waals surface area contributed by atoms with Gasteiger partial charge in [0, 0.05) is 12.6 Å². The molecule has 6 heteroatoms. The molecule has 2 N–H and O–H groups in total. The van der Waals surface area contributed by atoms with Gasteiger partial charge in [-0.25, -0.2) is 8.42 Å². The molecule has 0 aliphatic heterocycles. The number of halogens is 1. The quantitative estimate of drug-likeness (QED) is 0.867. The standard InChI is InChI=1S/C12H19ClN2O2S/c1-5-12(2,3)15(4)18(16,17)11-9(13)7-6-8-10(11)14/h6-8H,5,14H2,1-4H3. The highest BCUT2D eigenvalue weighted by molar-refractivity contribution is 7.89. The van der Waals surface area contributed by atoms with Crippen LogP contribution in [0.25, 0.3) is 0 Å². The first-order chi connectivity index (χ1) is 8.14. The van der Waals surface area contributed by atoms with E-state index in [1.807, 2.05) is 20.8 Å². The number of nitrogens with zero attached hydrogens (tertiary/aromatic N) is 1. The summed E-state index contributed by atoms with van der Waals surface area (Å²) in [5.41, 5.74) is 5.41. The van der Waals surface area contributed by atoms with Gasteiger partial charge in [-0.3, -0.25) is 0 Å². The van der Waals surface area contributed by atoms with Crippen molar-refractivity contribution >= 4 is 27.3 Å². The number of nitrogen functional groups attached to an aromatic ring is 1. The molecule has 0 atom stereocenters. The first-order valence-corrected chi connectivity index (χ1v) is 7.49. The van der Waals surface area contributed by atoms with Gasteiger partial charge in [0.1, 0.15) is 4.90 Å². The van der Waals surface area contributed by atoms with Gasteiger partial charge in [-0.2, -0.15) is 4.31 Å². The highest BCUT2D eigenvalue weighted by Crippen LogP contribution is 2.33. The summed E-state index contributed by atoms with van der Waals surface area (Å²) in [6.45, 7) is 5.65. The molecule has 0 radical (unpaired) electrons. The van der Waals surface area contributed by atoms with Gasteiger partial charge >= 0.3 is 0 Å². The Balaban J connectivity index is 3.40. The maximum absolute atomic E-state index is 12.5. The highest BCUT2D eigenvalue weighted by atomic mass is 35.5. The van der Waals surface area contributed by atoms with E-state index in [0.29, 0.717) is 6.42 Å². The number of anilines is 1. The highest BCUT2D eigenvalue weighted by Gasteiger charge is 2.35. The summed E-state index contributed by atoms with van der Waals surface area (Å²) < 4.78 is 26.4. The molecule has 0 spiro atoms. The summed E-state index contributed by atoms with van der Waals surface area (Å²) >= 11 is 5.97. The van der Waals surface area contributed by atoms with E-state index in [1.165, 1.54) is 16.4 Å².